The van der Waals surface area contributed by atoms with Gasteiger partial charge in [-0.1, -0.05) is 23.7 Å². The standard InChI is InChI=1S/C22H25ClN4O3/c1-26(10-11-28)21(29)13-16-14-27(9-8-24-16)22-17-4-2-3-5-19(17)30-20-7-6-15(23)12-18(20)25-22/h2-7,12,16,24,28H,8-11,13-14H2,1H3/t16-/m0/s1. The van der Waals surface area contributed by atoms with Gasteiger partial charge in [-0.3, -0.25) is 4.79 Å². The van der Waals surface area contributed by atoms with Crippen LogP contribution in [0.15, 0.2) is 47.5 Å². The fraction of sp³-hybridized carbons (Fsp3) is 0.364. The van der Waals surface area contributed by atoms with Gasteiger partial charge in [0.05, 0.1) is 12.2 Å². The molecular formula is C22H25ClN4O3. The highest BCUT2D eigenvalue weighted by Gasteiger charge is 2.28. The van der Waals surface area contributed by atoms with Crippen LogP contribution in [0.25, 0.3) is 0 Å². The van der Waals surface area contributed by atoms with E-state index >= 15 is 0 Å². The summed E-state index contributed by atoms with van der Waals surface area (Å²) >= 11 is 6.20. The lowest BCUT2D eigenvalue weighted by Gasteiger charge is -2.36. The molecule has 0 spiro atoms. The van der Waals surface area contributed by atoms with E-state index in [4.69, 9.17) is 26.4 Å². The fourth-order valence-electron chi connectivity index (χ4n) is 3.73. The number of hydrogen-bond donors (Lipinski definition) is 2. The Balaban J connectivity index is 1.62. The Kier molecular flexibility index (Phi) is 6.22. The first-order valence-electron chi connectivity index (χ1n) is 10.0. The largest absolute Gasteiger partial charge is 0.454 e. The monoisotopic (exact) mass is 428 g/mol. The minimum absolute atomic E-state index is 0.00654. The first-order valence-corrected chi connectivity index (χ1v) is 10.4. The molecule has 7 nitrogen and oxygen atoms in total. The zero-order valence-electron chi connectivity index (χ0n) is 16.8. The van der Waals surface area contributed by atoms with Gasteiger partial charge in [0.15, 0.2) is 5.75 Å². The number of nitrogens with zero attached hydrogens (tertiary/aromatic N) is 3. The van der Waals surface area contributed by atoms with E-state index in [-0.39, 0.29) is 18.6 Å². The van der Waals surface area contributed by atoms with Crippen molar-refractivity contribution in [2.75, 3.05) is 39.8 Å². The number of amides is 1. The zero-order valence-corrected chi connectivity index (χ0v) is 17.6. The summed E-state index contributed by atoms with van der Waals surface area (Å²) in [7, 11) is 1.71. The molecule has 8 heteroatoms. The van der Waals surface area contributed by atoms with Crippen LogP contribution in [0.2, 0.25) is 5.02 Å². The lowest BCUT2D eigenvalue weighted by molar-refractivity contribution is -0.131. The number of para-hydroxylation sites is 1. The highest BCUT2D eigenvalue weighted by atomic mass is 35.5. The van der Waals surface area contributed by atoms with Crippen molar-refractivity contribution >= 4 is 29.0 Å². The van der Waals surface area contributed by atoms with E-state index in [0.717, 1.165) is 30.2 Å². The van der Waals surface area contributed by atoms with Gasteiger partial charge in [-0.2, -0.15) is 0 Å². The van der Waals surface area contributed by atoms with E-state index < -0.39 is 0 Å². The molecule has 0 aliphatic carbocycles. The highest BCUT2D eigenvalue weighted by Crippen LogP contribution is 2.39. The normalized spacial score (nSPS) is 17.9. The second-order valence-corrected chi connectivity index (χ2v) is 7.92. The van der Waals surface area contributed by atoms with Crippen LogP contribution in [0.5, 0.6) is 11.5 Å². The SMILES string of the molecule is CN(CCO)C(=O)C[C@H]1CN(C2=Nc3cc(Cl)ccc3Oc3ccccc32)CCN1. The molecule has 2 heterocycles. The Morgan fingerprint density at radius 2 is 2.17 bits per heavy atom. The molecule has 0 radical (unpaired) electrons. The fourth-order valence-corrected chi connectivity index (χ4v) is 3.90. The predicted molar refractivity (Wildman–Crippen MR) is 117 cm³/mol. The molecule has 30 heavy (non-hydrogen) atoms. The third-order valence-electron chi connectivity index (χ3n) is 5.33. The highest BCUT2D eigenvalue weighted by molar-refractivity contribution is 6.31. The van der Waals surface area contributed by atoms with Crippen LogP contribution in [-0.4, -0.2) is 72.5 Å². The minimum Gasteiger partial charge on any atom is -0.454 e. The van der Waals surface area contributed by atoms with E-state index in [2.05, 4.69) is 10.2 Å². The third kappa shape index (κ3) is 4.43. The second kappa shape index (κ2) is 9.04. The van der Waals surface area contributed by atoms with Gasteiger partial charge in [-0.15, -0.1) is 0 Å². The van der Waals surface area contributed by atoms with Gasteiger partial charge in [0.25, 0.3) is 0 Å². The van der Waals surface area contributed by atoms with Crippen LogP contribution >= 0.6 is 11.6 Å². The summed E-state index contributed by atoms with van der Waals surface area (Å²) in [5.41, 5.74) is 1.59. The average molecular weight is 429 g/mol. The van der Waals surface area contributed by atoms with Gasteiger partial charge in [0.2, 0.25) is 5.91 Å². The molecule has 0 aromatic heterocycles. The summed E-state index contributed by atoms with van der Waals surface area (Å²) in [5.74, 6) is 2.22. The Morgan fingerprint density at radius 3 is 3.00 bits per heavy atom. The van der Waals surface area contributed by atoms with Crippen molar-refractivity contribution in [3.8, 4) is 11.5 Å². The van der Waals surface area contributed by atoms with E-state index in [1.54, 1.807) is 24.1 Å². The zero-order chi connectivity index (χ0) is 21.1. The summed E-state index contributed by atoms with van der Waals surface area (Å²) in [6.07, 6.45) is 0.362. The molecule has 0 bridgehead atoms. The van der Waals surface area contributed by atoms with E-state index in [9.17, 15) is 4.79 Å². The molecule has 1 saturated heterocycles. The van der Waals surface area contributed by atoms with Crippen molar-refractivity contribution < 1.29 is 14.6 Å². The number of rotatable bonds is 4. The first-order chi connectivity index (χ1) is 14.5. The maximum absolute atomic E-state index is 12.4. The number of carbonyl (C=O) groups is 1. The molecule has 4 rings (SSSR count). The molecule has 158 valence electrons. The van der Waals surface area contributed by atoms with Crippen LogP contribution in [0.1, 0.15) is 12.0 Å². The van der Waals surface area contributed by atoms with Crippen LogP contribution in [0.3, 0.4) is 0 Å². The van der Waals surface area contributed by atoms with Gasteiger partial charge >= 0.3 is 0 Å². The summed E-state index contributed by atoms with van der Waals surface area (Å²) in [5, 5.41) is 13.1. The van der Waals surface area contributed by atoms with E-state index in [0.29, 0.717) is 36.0 Å². The number of amidine groups is 1. The van der Waals surface area contributed by atoms with Gasteiger partial charge in [-0.25, -0.2) is 4.99 Å². The van der Waals surface area contributed by atoms with E-state index in [1.165, 1.54) is 0 Å². The number of piperazine rings is 1. The van der Waals surface area contributed by atoms with Gasteiger partial charge in [0.1, 0.15) is 17.3 Å². The molecular weight excluding hydrogens is 404 g/mol. The number of ether oxygens (including phenoxy) is 1. The van der Waals surface area contributed by atoms with Crippen molar-refractivity contribution in [2.45, 2.75) is 12.5 Å². The Bertz CT molecular complexity index is 965. The number of halogens is 1. The number of benzene rings is 2. The number of aliphatic hydroxyl groups is 1. The maximum atomic E-state index is 12.4. The lowest BCUT2D eigenvalue weighted by Crippen LogP contribution is -2.54. The molecule has 2 aromatic rings. The van der Waals surface area contributed by atoms with Crippen LogP contribution in [0.4, 0.5) is 5.69 Å². The summed E-state index contributed by atoms with van der Waals surface area (Å²) in [6, 6.07) is 13.2. The maximum Gasteiger partial charge on any atom is 0.224 e. The molecule has 2 aliphatic heterocycles. The summed E-state index contributed by atoms with van der Waals surface area (Å²) in [6.45, 7) is 2.44. The second-order valence-electron chi connectivity index (χ2n) is 7.49. The predicted octanol–water partition coefficient (Wildman–Crippen LogP) is 2.64. The van der Waals surface area contributed by atoms with Crippen molar-refractivity contribution in [3.05, 3.63) is 53.1 Å². The Labute approximate surface area is 180 Å². The number of fused-ring (bicyclic) bond motifs is 2. The van der Waals surface area contributed by atoms with Gasteiger partial charge in [-0.05, 0) is 30.3 Å². The number of carbonyl (C=O) groups excluding carboxylic acids is 1. The number of aliphatic hydroxyl groups excluding tert-OH is 1. The average Bonchev–Trinajstić information content (AvgIpc) is 2.90. The smallest absolute Gasteiger partial charge is 0.224 e. The molecule has 0 saturated carbocycles. The molecule has 1 amide bonds. The van der Waals surface area contributed by atoms with Crippen LogP contribution < -0.4 is 10.1 Å². The van der Waals surface area contributed by atoms with Gasteiger partial charge < -0.3 is 25.0 Å². The van der Waals surface area contributed by atoms with Crippen molar-refractivity contribution in [1.29, 1.82) is 0 Å². The number of likely N-dealkylation sites (N-methyl/N-ethyl adjacent to an activating group) is 1. The minimum atomic E-state index is -0.0397. The van der Waals surface area contributed by atoms with Crippen molar-refractivity contribution in [1.82, 2.24) is 15.1 Å². The van der Waals surface area contributed by atoms with Crippen LogP contribution in [-0.2, 0) is 4.79 Å². The van der Waals surface area contributed by atoms with Crippen molar-refractivity contribution in [3.63, 3.8) is 0 Å². The van der Waals surface area contributed by atoms with Crippen molar-refractivity contribution in [2.24, 2.45) is 4.99 Å². The summed E-state index contributed by atoms with van der Waals surface area (Å²) in [4.78, 5) is 21.1. The van der Waals surface area contributed by atoms with E-state index in [1.807, 2.05) is 30.3 Å². The quantitative estimate of drug-likeness (QED) is 0.782. The first kappa shape index (κ1) is 20.7. The van der Waals surface area contributed by atoms with Gasteiger partial charge in [0, 0.05) is 50.7 Å². The molecule has 0 unspecified atom stereocenters. The number of nitrogens with one attached hydrogen (secondary N) is 1. The Hall–Kier alpha value is -2.61. The summed E-state index contributed by atoms with van der Waals surface area (Å²) < 4.78 is 6.13. The molecule has 2 N–H and O–H groups in total. The lowest BCUT2D eigenvalue weighted by atomic mass is 10.1. The number of hydrogen-bond acceptors (Lipinski definition) is 6. The molecule has 1 atom stereocenters. The molecule has 2 aromatic carbocycles. The van der Waals surface area contributed by atoms with Crippen LogP contribution in [0, 0.1) is 0 Å². The Morgan fingerprint density at radius 1 is 1.33 bits per heavy atom. The number of aliphatic imine (C=N–C) groups is 1. The molecule has 1 fully saturated rings. The topological polar surface area (TPSA) is 77.4 Å². The molecule has 2 aliphatic rings. The third-order valence-corrected chi connectivity index (χ3v) is 5.57.